The molecule has 0 spiro atoms. The number of aliphatic hydroxyl groups excluding tert-OH is 1. The fourth-order valence-corrected chi connectivity index (χ4v) is 3.26. The van der Waals surface area contributed by atoms with Gasteiger partial charge in [0.15, 0.2) is 0 Å². The summed E-state index contributed by atoms with van der Waals surface area (Å²) in [6.45, 7) is 2.23. The molecule has 2 atom stereocenters. The minimum atomic E-state index is 0.0312. The number of aliphatic imine (C=N–C) groups is 1. The summed E-state index contributed by atoms with van der Waals surface area (Å²) >= 11 is 1.74. The Labute approximate surface area is 104 Å². The highest BCUT2D eigenvalue weighted by molar-refractivity contribution is 8.15. The molecular weight excluding hydrogens is 232 g/mol. The summed E-state index contributed by atoms with van der Waals surface area (Å²) < 4.78 is 0. The SMILES string of the molecule is C[C@@H]1SC(c2c[nH]c3ccccc23)=N[C@H]1CO. The van der Waals surface area contributed by atoms with Crippen LogP contribution in [-0.4, -0.2) is 33.0 Å². The van der Waals surface area contributed by atoms with Crippen LogP contribution in [0.4, 0.5) is 0 Å². The van der Waals surface area contributed by atoms with E-state index < -0.39 is 0 Å². The number of rotatable bonds is 2. The Kier molecular flexibility index (Phi) is 2.68. The molecule has 1 aromatic carbocycles. The molecule has 1 aromatic heterocycles. The van der Waals surface area contributed by atoms with Crippen LogP contribution in [0.25, 0.3) is 10.9 Å². The van der Waals surface area contributed by atoms with E-state index in [1.54, 1.807) is 11.8 Å². The van der Waals surface area contributed by atoms with Gasteiger partial charge in [0.2, 0.25) is 0 Å². The third-order valence-corrected chi connectivity index (χ3v) is 4.36. The monoisotopic (exact) mass is 246 g/mol. The van der Waals surface area contributed by atoms with E-state index in [1.807, 2.05) is 18.3 Å². The maximum absolute atomic E-state index is 9.24. The lowest BCUT2D eigenvalue weighted by molar-refractivity contribution is 0.268. The van der Waals surface area contributed by atoms with Gasteiger partial charge in [-0.1, -0.05) is 25.1 Å². The van der Waals surface area contributed by atoms with E-state index in [1.165, 1.54) is 5.39 Å². The smallest absolute Gasteiger partial charge is 0.101 e. The van der Waals surface area contributed by atoms with Crippen molar-refractivity contribution in [2.24, 2.45) is 4.99 Å². The van der Waals surface area contributed by atoms with Crippen LogP contribution in [0.15, 0.2) is 35.5 Å². The number of aromatic nitrogens is 1. The molecule has 3 nitrogen and oxygen atoms in total. The van der Waals surface area contributed by atoms with Crippen molar-refractivity contribution >= 4 is 27.7 Å². The lowest BCUT2D eigenvalue weighted by atomic mass is 10.2. The topological polar surface area (TPSA) is 48.4 Å². The quantitative estimate of drug-likeness (QED) is 0.855. The van der Waals surface area contributed by atoms with E-state index in [9.17, 15) is 5.11 Å². The summed E-state index contributed by atoms with van der Waals surface area (Å²) in [4.78, 5) is 7.85. The lowest BCUT2D eigenvalue weighted by Gasteiger charge is -2.06. The van der Waals surface area contributed by atoms with E-state index in [4.69, 9.17) is 0 Å². The van der Waals surface area contributed by atoms with Crippen LogP contribution >= 0.6 is 11.8 Å². The van der Waals surface area contributed by atoms with Crippen molar-refractivity contribution in [3.8, 4) is 0 Å². The summed E-state index contributed by atoms with van der Waals surface area (Å²) in [5.74, 6) is 0. The molecular formula is C13H14N2OS. The zero-order valence-electron chi connectivity index (χ0n) is 9.55. The molecule has 3 rings (SSSR count). The number of aromatic amines is 1. The molecule has 0 fully saturated rings. The van der Waals surface area contributed by atoms with Gasteiger partial charge in [-0.25, -0.2) is 0 Å². The average Bonchev–Trinajstić information content (AvgIpc) is 2.92. The molecule has 0 aliphatic carbocycles. The van der Waals surface area contributed by atoms with Crippen molar-refractivity contribution in [2.75, 3.05) is 6.61 Å². The Morgan fingerprint density at radius 3 is 3.00 bits per heavy atom. The second-order valence-electron chi connectivity index (χ2n) is 4.26. The maximum Gasteiger partial charge on any atom is 0.101 e. The molecule has 1 aliphatic rings. The second-order valence-corrected chi connectivity index (χ2v) is 5.62. The summed E-state index contributed by atoms with van der Waals surface area (Å²) in [5.41, 5.74) is 2.28. The van der Waals surface area contributed by atoms with Gasteiger partial charge in [-0.05, 0) is 6.07 Å². The first-order valence-corrected chi connectivity index (χ1v) is 6.59. The number of thioether (sulfide) groups is 1. The molecule has 0 amide bonds. The number of hydrogen-bond donors (Lipinski definition) is 2. The first-order valence-electron chi connectivity index (χ1n) is 5.71. The van der Waals surface area contributed by atoms with Crippen molar-refractivity contribution < 1.29 is 5.11 Å². The van der Waals surface area contributed by atoms with Crippen LogP contribution in [0, 0.1) is 0 Å². The van der Waals surface area contributed by atoms with Gasteiger partial charge >= 0.3 is 0 Å². The van der Waals surface area contributed by atoms with E-state index >= 15 is 0 Å². The largest absolute Gasteiger partial charge is 0.394 e. The zero-order valence-corrected chi connectivity index (χ0v) is 10.4. The third-order valence-electron chi connectivity index (χ3n) is 3.13. The average molecular weight is 246 g/mol. The highest BCUT2D eigenvalue weighted by atomic mass is 32.2. The molecule has 0 bridgehead atoms. The lowest BCUT2D eigenvalue weighted by Crippen LogP contribution is -2.17. The molecule has 0 saturated heterocycles. The number of fused-ring (bicyclic) bond motifs is 1. The van der Waals surface area contributed by atoms with Crippen molar-refractivity contribution in [1.82, 2.24) is 4.98 Å². The van der Waals surface area contributed by atoms with Crippen LogP contribution in [0.2, 0.25) is 0 Å². The van der Waals surface area contributed by atoms with Crippen molar-refractivity contribution in [3.63, 3.8) is 0 Å². The van der Waals surface area contributed by atoms with Gasteiger partial charge in [-0.2, -0.15) is 0 Å². The fourth-order valence-electron chi connectivity index (χ4n) is 2.11. The molecule has 4 heteroatoms. The van der Waals surface area contributed by atoms with Crippen molar-refractivity contribution in [3.05, 3.63) is 36.0 Å². The zero-order chi connectivity index (χ0) is 11.8. The molecule has 2 heterocycles. The van der Waals surface area contributed by atoms with E-state index in [2.05, 4.69) is 29.0 Å². The van der Waals surface area contributed by atoms with Crippen LogP contribution in [0.1, 0.15) is 12.5 Å². The van der Waals surface area contributed by atoms with E-state index in [-0.39, 0.29) is 12.6 Å². The van der Waals surface area contributed by atoms with Gasteiger partial charge in [-0.15, -0.1) is 11.8 Å². The first-order chi connectivity index (χ1) is 8.29. The summed E-state index contributed by atoms with van der Waals surface area (Å²) in [6.07, 6.45) is 2.00. The van der Waals surface area contributed by atoms with Gasteiger partial charge < -0.3 is 10.1 Å². The number of nitrogens with zero attached hydrogens (tertiary/aromatic N) is 1. The minimum absolute atomic E-state index is 0.0312. The normalized spacial score (nSPS) is 24.2. The maximum atomic E-state index is 9.24. The van der Waals surface area contributed by atoms with Crippen molar-refractivity contribution in [1.29, 1.82) is 0 Å². The predicted molar refractivity (Wildman–Crippen MR) is 72.8 cm³/mol. The summed E-state index contributed by atoms with van der Waals surface area (Å²) in [6, 6.07) is 8.24. The number of benzene rings is 1. The third kappa shape index (κ3) is 1.77. The predicted octanol–water partition coefficient (Wildman–Crippen LogP) is 2.41. The number of aliphatic hydroxyl groups is 1. The Bertz CT molecular complexity index is 576. The van der Waals surface area contributed by atoms with Gasteiger partial charge in [0.1, 0.15) is 5.04 Å². The molecule has 88 valence electrons. The van der Waals surface area contributed by atoms with E-state index in [0.717, 1.165) is 16.1 Å². The van der Waals surface area contributed by atoms with Gasteiger partial charge in [0.25, 0.3) is 0 Å². The van der Waals surface area contributed by atoms with Crippen LogP contribution in [0.5, 0.6) is 0 Å². The Hall–Kier alpha value is -1.26. The molecule has 2 N–H and O–H groups in total. The molecule has 0 unspecified atom stereocenters. The summed E-state index contributed by atoms with van der Waals surface area (Å²) in [5, 5.41) is 11.8. The van der Waals surface area contributed by atoms with E-state index in [0.29, 0.717) is 5.25 Å². The molecule has 17 heavy (non-hydrogen) atoms. The molecule has 1 aliphatic heterocycles. The van der Waals surface area contributed by atoms with Crippen LogP contribution < -0.4 is 0 Å². The summed E-state index contributed by atoms with van der Waals surface area (Å²) in [7, 11) is 0. The van der Waals surface area contributed by atoms with Gasteiger partial charge in [-0.3, -0.25) is 4.99 Å². The Morgan fingerprint density at radius 2 is 2.24 bits per heavy atom. The van der Waals surface area contributed by atoms with Crippen molar-refractivity contribution in [2.45, 2.75) is 18.2 Å². The fraction of sp³-hybridized carbons (Fsp3) is 0.308. The number of hydrogen-bond acceptors (Lipinski definition) is 3. The highest BCUT2D eigenvalue weighted by Crippen LogP contribution is 2.32. The number of nitrogens with one attached hydrogen (secondary N) is 1. The minimum Gasteiger partial charge on any atom is -0.394 e. The number of para-hydroxylation sites is 1. The number of H-pyrrole nitrogens is 1. The first kappa shape index (κ1) is 10.9. The molecule has 0 radical (unpaired) electrons. The standard InChI is InChI=1S/C13H14N2OS/c1-8-12(7-16)15-13(17-8)10-6-14-11-5-3-2-4-9(10)11/h2-6,8,12,14,16H,7H2,1H3/t8-,12-/m0/s1. The Balaban J connectivity index is 2.05. The second kappa shape index (κ2) is 4.20. The van der Waals surface area contributed by atoms with Crippen LogP contribution in [0.3, 0.4) is 0 Å². The van der Waals surface area contributed by atoms with Gasteiger partial charge in [0, 0.05) is 27.9 Å². The van der Waals surface area contributed by atoms with Gasteiger partial charge in [0.05, 0.1) is 12.6 Å². The molecule has 2 aromatic rings. The highest BCUT2D eigenvalue weighted by Gasteiger charge is 2.27. The molecule has 0 saturated carbocycles. The Morgan fingerprint density at radius 1 is 1.41 bits per heavy atom. The van der Waals surface area contributed by atoms with Crippen LogP contribution in [-0.2, 0) is 0 Å².